The van der Waals surface area contributed by atoms with Gasteiger partial charge in [-0.15, -0.1) is 0 Å². The van der Waals surface area contributed by atoms with Crippen molar-refractivity contribution in [3.05, 3.63) is 0 Å². The number of carbonyl (C=O) groups is 3. The quantitative estimate of drug-likeness (QED) is 0.363. The van der Waals surface area contributed by atoms with Crippen LogP contribution in [0.5, 0.6) is 0 Å². The largest absolute Gasteiger partial charge is 0.444 e. The molecular formula is C21H42N4O5. The van der Waals surface area contributed by atoms with Crippen molar-refractivity contribution in [3.8, 4) is 0 Å². The summed E-state index contributed by atoms with van der Waals surface area (Å²) in [6, 6.07) is -0.727. The van der Waals surface area contributed by atoms with Crippen molar-refractivity contribution in [1.82, 2.24) is 20.9 Å². The number of nitrogens with one attached hydrogen (secondary N) is 3. The Bertz CT molecular complexity index is 553. The molecule has 0 aliphatic rings. The van der Waals surface area contributed by atoms with Crippen LogP contribution in [0.25, 0.3) is 0 Å². The maximum Gasteiger partial charge on any atom is 0.408 e. The summed E-state index contributed by atoms with van der Waals surface area (Å²) in [6.45, 7) is 13.1. The number of ether oxygens (including phenoxy) is 2. The van der Waals surface area contributed by atoms with Gasteiger partial charge in [-0.25, -0.2) is 9.59 Å². The van der Waals surface area contributed by atoms with Gasteiger partial charge in [0.15, 0.2) is 0 Å². The molecule has 0 aliphatic carbocycles. The van der Waals surface area contributed by atoms with Crippen LogP contribution in [0.4, 0.5) is 9.59 Å². The molecule has 0 bridgehead atoms. The third-order valence-corrected chi connectivity index (χ3v) is 3.91. The number of unbranched alkanes of at least 4 members (excludes halogenated alkanes) is 1. The lowest BCUT2D eigenvalue weighted by Gasteiger charge is -2.28. The second-order valence-electron chi connectivity index (χ2n) is 9.52. The number of amides is 3. The summed E-state index contributed by atoms with van der Waals surface area (Å²) in [4.78, 5) is 38.5. The Morgan fingerprint density at radius 3 is 1.87 bits per heavy atom. The minimum Gasteiger partial charge on any atom is -0.444 e. The molecule has 3 amide bonds. The minimum atomic E-state index is -0.727. The molecule has 1 unspecified atom stereocenters. The number of hydrogen-bond donors (Lipinski definition) is 3. The van der Waals surface area contributed by atoms with Gasteiger partial charge in [-0.05, 0) is 81.3 Å². The average molecular weight is 431 g/mol. The molecule has 0 fully saturated rings. The van der Waals surface area contributed by atoms with E-state index in [1.165, 1.54) is 0 Å². The zero-order valence-corrected chi connectivity index (χ0v) is 20.2. The van der Waals surface area contributed by atoms with E-state index in [0.29, 0.717) is 25.8 Å². The van der Waals surface area contributed by atoms with Crippen molar-refractivity contribution in [1.29, 1.82) is 0 Å². The number of nitrogens with zero attached hydrogens (tertiary/aromatic N) is 1. The molecule has 0 aliphatic heterocycles. The molecule has 0 rings (SSSR count). The minimum absolute atomic E-state index is 0.130. The van der Waals surface area contributed by atoms with Gasteiger partial charge in [-0.2, -0.15) is 0 Å². The van der Waals surface area contributed by atoms with Crippen molar-refractivity contribution in [2.24, 2.45) is 0 Å². The number of hydrogen-bond acceptors (Lipinski definition) is 6. The van der Waals surface area contributed by atoms with E-state index in [1.54, 1.807) is 41.5 Å². The van der Waals surface area contributed by atoms with Gasteiger partial charge in [0.25, 0.3) is 0 Å². The maximum atomic E-state index is 12.7. The van der Waals surface area contributed by atoms with E-state index in [-0.39, 0.29) is 12.1 Å². The molecule has 0 aromatic carbocycles. The lowest BCUT2D eigenvalue weighted by molar-refractivity contribution is -0.125. The molecule has 9 nitrogen and oxygen atoms in total. The highest BCUT2D eigenvalue weighted by Gasteiger charge is 2.26. The zero-order chi connectivity index (χ0) is 23.5. The van der Waals surface area contributed by atoms with E-state index in [0.717, 1.165) is 6.42 Å². The van der Waals surface area contributed by atoms with Crippen LogP contribution in [0.1, 0.15) is 74.1 Å². The summed E-state index contributed by atoms with van der Waals surface area (Å²) < 4.78 is 10.5. The van der Waals surface area contributed by atoms with Crippen LogP contribution in [0, 0.1) is 0 Å². The normalized spacial score (nSPS) is 13.9. The highest BCUT2D eigenvalue weighted by molar-refractivity contribution is 5.85. The molecule has 0 aromatic heterocycles. The Morgan fingerprint density at radius 2 is 1.40 bits per heavy atom. The summed E-state index contributed by atoms with van der Waals surface area (Å²) in [5, 5.41) is 8.30. The molecule has 30 heavy (non-hydrogen) atoms. The third kappa shape index (κ3) is 14.0. The molecule has 0 saturated heterocycles. The van der Waals surface area contributed by atoms with Gasteiger partial charge in [0, 0.05) is 6.54 Å². The van der Waals surface area contributed by atoms with Crippen LogP contribution in [0.3, 0.4) is 0 Å². The van der Waals surface area contributed by atoms with E-state index in [1.807, 2.05) is 25.9 Å². The van der Waals surface area contributed by atoms with Gasteiger partial charge in [0.1, 0.15) is 17.2 Å². The average Bonchev–Trinajstić information content (AvgIpc) is 2.54. The predicted molar refractivity (Wildman–Crippen MR) is 117 cm³/mol. The van der Waals surface area contributed by atoms with Crippen LogP contribution in [-0.4, -0.2) is 67.0 Å². The first-order valence-electron chi connectivity index (χ1n) is 10.6. The fourth-order valence-electron chi connectivity index (χ4n) is 2.56. The van der Waals surface area contributed by atoms with Gasteiger partial charge < -0.3 is 25.4 Å². The third-order valence-electron chi connectivity index (χ3n) is 3.91. The van der Waals surface area contributed by atoms with Crippen molar-refractivity contribution in [2.75, 3.05) is 20.6 Å². The van der Waals surface area contributed by atoms with Crippen molar-refractivity contribution in [3.63, 3.8) is 0 Å². The van der Waals surface area contributed by atoms with Gasteiger partial charge >= 0.3 is 12.2 Å². The molecule has 3 N–H and O–H groups in total. The first-order chi connectivity index (χ1) is 13.6. The van der Waals surface area contributed by atoms with E-state index in [9.17, 15) is 14.4 Å². The summed E-state index contributed by atoms with van der Waals surface area (Å²) in [5.41, 5.74) is -1.20. The summed E-state index contributed by atoms with van der Waals surface area (Å²) in [6.07, 6.45) is 1.19. The molecule has 2 atom stereocenters. The fraction of sp³-hybridized carbons (Fsp3) is 0.857. The molecular weight excluding hydrogens is 388 g/mol. The standard InChI is InChI=1S/C21H42N4O5/c1-10-16(25(8)9)24-17(26)15(23-19(28)30-21(5,6)7)13-11-12-14-22-18(27)29-20(2,3)4/h15-16H,10-14H2,1-9H3,(H,22,27)(H,23,28)(H,24,26)/t15-,16?/m0/s1. The maximum absolute atomic E-state index is 12.7. The zero-order valence-electron chi connectivity index (χ0n) is 20.2. The smallest absolute Gasteiger partial charge is 0.408 e. The number of alkyl carbamates (subject to hydrolysis) is 2. The van der Waals surface area contributed by atoms with Crippen LogP contribution >= 0.6 is 0 Å². The van der Waals surface area contributed by atoms with Gasteiger partial charge in [-0.1, -0.05) is 6.92 Å². The van der Waals surface area contributed by atoms with Crippen molar-refractivity contribution >= 4 is 18.1 Å². The highest BCUT2D eigenvalue weighted by Crippen LogP contribution is 2.10. The Labute approximate surface area is 181 Å². The lowest BCUT2D eigenvalue weighted by atomic mass is 10.1. The molecule has 9 heteroatoms. The summed E-state index contributed by atoms with van der Waals surface area (Å²) in [7, 11) is 3.76. The van der Waals surface area contributed by atoms with Gasteiger partial charge in [-0.3, -0.25) is 9.69 Å². The first-order valence-corrected chi connectivity index (χ1v) is 10.6. The second kappa shape index (κ2) is 12.6. The Hall–Kier alpha value is -2.03. The second-order valence-corrected chi connectivity index (χ2v) is 9.52. The predicted octanol–water partition coefficient (Wildman–Crippen LogP) is 2.99. The highest BCUT2D eigenvalue weighted by atomic mass is 16.6. The van der Waals surface area contributed by atoms with Crippen molar-refractivity contribution in [2.45, 2.75) is 97.6 Å². The van der Waals surface area contributed by atoms with E-state index < -0.39 is 29.4 Å². The molecule has 176 valence electrons. The summed E-state index contributed by atoms with van der Waals surface area (Å²) in [5.74, 6) is -0.262. The van der Waals surface area contributed by atoms with Crippen LogP contribution < -0.4 is 16.0 Å². The Kier molecular flexibility index (Phi) is 11.8. The van der Waals surface area contributed by atoms with E-state index in [4.69, 9.17) is 9.47 Å². The SMILES string of the molecule is CCC(NC(=O)[C@H](CCCCNC(=O)OC(C)(C)C)NC(=O)OC(C)(C)C)N(C)C. The monoisotopic (exact) mass is 430 g/mol. The Balaban J connectivity index is 4.74. The van der Waals surface area contributed by atoms with Crippen molar-refractivity contribution < 1.29 is 23.9 Å². The van der Waals surface area contributed by atoms with Gasteiger partial charge in [0.2, 0.25) is 5.91 Å². The van der Waals surface area contributed by atoms with E-state index in [2.05, 4.69) is 16.0 Å². The number of carbonyl (C=O) groups excluding carboxylic acids is 3. The van der Waals surface area contributed by atoms with Crippen LogP contribution in [-0.2, 0) is 14.3 Å². The molecule has 0 spiro atoms. The Morgan fingerprint density at radius 1 is 0.867 bits per heavy atom. The summed E-state index contributed by atoms with van der Waals surface area (Å²) >= 11 is 0. The molecule has 0 heterocycles. The van der Waals surface area contributed by atoms with Crippen LogP contribution in [0.15, 0.2) is 0 Å². The van der Waals surface area contributed by atoms with Gasteiger partial charge in [0.05, 0.1) is 6.17 Å². The first kappa shape index (κ1) is 28.0. The molecule has 0 radical (unpaired) electrons. The molecule has 0 saturated carbocycles. The van der Waals surface area contributed by atoms with E-state index >= 15 is 0 Å². The number of rotatable bonds is 10. The lowest BCUT2D eigenvalue weighted by Crippen LogP contribution is -2.53. The fourth-order valence-corrected chi connectivity index (χ4v) is 2.56. The molecule has 0 aromatic rings. The van der Waals surface area contributed by atoms with Crippen LogP contribution in [0.2, 0.25) is 0 Å². The topological polar surface area (TPSA) is 109 Å².